The van der Waals surface area contributed by atoms with Gasteiger partial charge in [0.2, 0.25) is 0 Å². The van der Waals surface area contributed by atoms with Gasteiger partial charge in [0.05, 0.1) is 22.1 Å². The molecular formula is C57H40N2. The number of hydrogen-bond donors (Lipinski definition) is 0. The summed E-state index contributed by atoms with van der Waals surface area (Å²) in [6.07, 6.45) is 0. The Morgan fingerprint density at radius 1 is 0.288 bits per heavy atom. The first-order chi connectivity index (χ1) is 29.0. The standard InChI is InChI=1S/C57H40N2/c1-57(2)51-23-10-6-19-45(51)46-29-27-40(36-52(46)57)42-31-41(33-44(34-42)59-53-24-11-7-20-47(53)48-21-8-12-25-54(48)59)39-28-30-56-50(35-39)49-22-9-13-26-55(49)58(56)43-18-14-17-38(32-43)37-15-4-3-5-16-37/h3-36H,1-2H3. The van der Waals surface area contributed by atoms with Gasteiger partial charge >= 0.3 is 0 Å². The number of aromatic nitrogens is 2. The topological polar surface area (TPSA) is 9.86 Å². The van der Waals surface area contributed by atoms with Crippen molar-refractivity contribution in [2.45, 2.75) is 19.3 Å². The Morgan fingerprint density at radius 3 is 1.49 bits per heavy atom. The summed E-state index contributed by atoms with van der Waals surface area (Å²) in [5, 5.41) is 5.01. The predicted octanol–water partition coefficient (Wildman–Crippen LogP) is 15.2. The second kappa shape index (κ2) is 12.8. The third-order valence-electron chi connectivity index (χ3n) is 12.9. The van der Waals surface area contributed by atoms with E-state index in [1.54, 1.807) is 0 Å². The summed E-state index contributed by atoms with van der Waals surface area (Å²) in [4.78, 5) is 0. The van der Waals surface area contributed by atoms with Crippen LogP contribution in [0.15, 0.2) is 206 Å². The summed E-state index contributed by atoms with van der Waals surface area (Å²) in [7, 11) is 0. The summed E-state index contributed by atoms with van der Waals surface area (Å²) >= 11 is 0. The van der Waals surface area contributed by atoms with Crippen molar-refractivity contribution in [2.75, 3.05) is 0 Å². The Labute approximate surface area is 343 Å². The van der Waals surface area contributed by atoms with E-state index in [0.717, 1.165) is 11.4 Å². The van der Waals surface area contributed by atoms with E-state index in [2.05, 4.69) is 229 Å². The molecule has 1 aliphatic carbocycles. The van der Waals surface area contributed by atoms with Crippen LogP contribution in [0.1, 0.15) is 25.0 Å². The highest BCUT2D eigenvalue weighted by atomic mass is 15.0. The lowest BCUT2D eigenvalue weighted by Crippen LogP contribution is -2.14. The monoisotopic (exact) mass is 752 g/mol. The Hall–Kier alpha value is -7.42. The number of benzene rings is 9. The molecule has 0 saturated heterocycles. The zero-order chi connectivity index (χ0) is 39.2. The van der Waals surface area contributed by atoms with E-state index in [0.29, 0.717) is 0 Å². The molecule has 0 aliphatic heterocycles. The minimum atomic E-state index is -0.0882. The van der Waals surface area contributed by atoms with E-state index in [9.17, 15) is 0 Å². The smallest absolute Gasteiger partial charge is 0.0541 e. The lowest BCUT2D eigenvalue weighted by atomic mass is 9.81. The van der Waals surface area contributed by atoms with Crippen LogP contribution in [-0.2, 0) is 5.41 Å². The second-order valence-electron chi connectivity index (χ2n) is 16.6. The van der Waals surface area contributed by atoms with E-state index in [-0.39, 0.29) is 5.41 Å². The number of rotatable bonds is 5. The molecule has 2 aromatic heterocycles. The van der Waals surface area contributed by atoms with E-state index < -0.39 is 0 Å². The molecule has 9 aromatic carbocycles. The maximum Gasteiger partial charge on any atom is 0.0541 e. The first-order valence-corrected chi connectivity index (χ1v) is 20.6. The molecule has 0 spiro atoms. The minimum Gasteiger partial charge on any atom is -0.309 e. The van der Waals surface area contributed by atoms with Gasteiger partial charge in [-0.1, -0.05) is 153 Å². The molecule has 0 saturated carbocycles. The van der Waals surface area contributed by atoms with Crippen molar-refractivity contribution in [1.82, 2.24) is 9.13 Å². The fraction of sp³-hybridized carbons (Fsp3) is 0.0526. The molecule has 2 heteroatoms. The maximum absolute atomic E-state index is 2.45. The van der Waals surface area contributed by atoms with E-state index >= 15 is 0 Å². The number of hydrogen-bond acceptors (Lipinski definition) is 0. The van der Waals surface area contributed by atoms with Crippen LogP contribution in [0, 0.1) is 0 Å². The molecule has 0 N–H and O–H groups in total. The molecule has 1 aliphatic rings. The fourth-order valence-corrected chi connectivity index (χ4v) is 10.0. The molecule has 59 heavy (non-hydrogen) atoms. The van der Waals surface area contributed by atoms with Crippen LogP contribution in [-0.4, -0.2) is 9.13 Å². The van der Waals surface area contributed by atoms with Crippen LogP contribution in [0.2, 0.25) is 0 Å². The van der Waals surface area contributed by atoms with Crippen molar-refractivity contribution in [3.63, 3.8) is 0 Å². The molecule has 12 rings (SSSR count). The van der Waals surface area contributed by atoms with Crippen molar-refractivity contribution in [1.29, 1.82) is 0 Å². The number of fused-ring (bicyclic) bond motifs is 9. The van der Waals surface area contributed by atoms with Gasteiger partial charge in [-0.2, -0.15) is 0 Å². The number of nitrogens with zero attached hydrogens (tertiary/aromatic N) is 2. The largest absolute Gasteiger partial charge is 0.309 e. The molecule has 2 nitrogen and oxygen atoms in total. The SMILES string of the molecule is CC1(C)c2ccccc2-c2ccc(-c3cc(-c4ccc5c(c4)c4ccccc4n5-c4cccc(-c5ccccc5)c4)cc(-n4c5ccccc5c5ccccc54)c3)cc21. The highest BCUT2D eigenvalue weighted by Crippen LogP contribution is 2.50. The van der Waals surface area contributed by atoms with Gasteiger partial charge < -0.3 is 9.13 Å². The molecule has 0 radical (unpaired) electrons. The lowest BCUT2D eigenvalue weighted by Gasteiger charge is -2.22. The van der Waals surface area contributed by atoms with E-state index in [4.69, 9.17) is 0 Å². The van der Waals surface area contributed by atoms with Gasteiger partial charge in [-0.3, -0.25) is 0 Å². The van der Waals surface area contributed by atoms with Crippen LogP contribution in [0.5, 0.6) is 0 Å². The highest BCUT2D eigenvalue weighted by molar-refractivity contribution is 6.11. The predicted molar refractivity (Wildman–Crippen MR) is 249 cm³/mol. The van der Waals surface area contributed by atoms with Gasteiger partial charge in [-0.25, -0.2) is 0 Å². The number of para-hydroxylation sites is 3. The first kappa shape index (κ1) is 33.7. The zero-order valence-electron chi connectivity index (χ0n) is 33.0. The molecule has 11 aromatic rings. The molecule has 0 amide bonds. The quantitative estimate of drug-likeness (QED) is 0.166. The molecule has 2 heterocycles. The van der Waals surface area contributed by atoms with E-state index in [1.165, 1.54) is 99.2 Å². The molecule has 0 bridgehead atoms. The molecule has 0 unspecified atom stereocenters. The molecule has 0 fully saturated rings. The van der Waals surface area contributed by atoms with Gasteiger partial charge in [0.1, 0.15) is 0 Å². The Bertz CT molecular complexity index is 3410. The van der Waals surface area contributed by atoms with Gasteiger partial charge in [-0.15, -0.1) is 0 Å². The zero-order valence-corrected chi connectivity index (χ0v) is 33.0. The fourth-order valence-electron chi connectivity index (χ4n) is 10.0. The van der Waals surface area contributed by atoms with Crippen molar-refractivity contribution < 1.29 is 0 Å². The molecule has 0 atom stereocenters. The summed E-state index contributed by atoms with van der Waals surface area (Å²) in [6.45, 7) is 4.73. The van der Waals surface area contributed by atoms with Gasteiger partial charge in [0.25, 0.3) is 0 Å². The van der Waals surface area contributed by atoms with Crippen molar-refractivity contribution in [2.24, 2.45) is 0 Å². The van der Waals surface area contributed by atoms with E-state index in [1.807, 2.05) is 0 Å². The maximum atomic E-state index is 2.45. The van der Waals surface area contributed by atoms with Gasteiger partial charge in [0.15, 0.2) is 0 Å². The van der Waals surface area contributed by atoms with Crippen LogP contribution in [0.25, 0.3) is 99.5 Å². The Kier molecular flexibility index (Phi) is 7.31. The first-order valence-electron chi connectivity index (χ1n) is 20.6. The summed E-state index contributed by atoms with van der Waals surface area (Å²) in [5.74, 6) is 0. The van der Waals surface area contributed by atoms with Crippen LogP contribution >= 0.6 is 0 Å². The Morgan fingerprint density at radius 2 is 0.780 bits per heavy atom. The van der Waals surface area contributed by atoms with Crippen LogP contribution < -0.4 is 0 Å². The summed E-state index contributed by atoms with van der Waals surface area (Å²) in [6, 6.07) is 76.3. The van der Waals surface area contributed by atoms with Gasteiger partial charge in [0, 0.05) is 38.3 Å². The summed E-state index contributed by atoms with van der Waals surface area (Å²) in [5.41, 5.74) is 19.7. The van der Waals surface area contributed by atoms with Crippen LogP contribution in [0.4, 0.5) is 0 Å². The van der Waals surface area contributed by atoms with Crippen molar-refractivity contribution >= 4 is 43.6 Å². The average molecular weight is 753 g/mol. The Balaban J connectivity index is 1.08. The highest BCUT2D eigenvalue weighted by Gasteiger charge is 2.35. The van der Waals surface area contributed by atoms with Crippen molar-refractivity contribution in [3.05, 3.63) is 217 Å². The molecule has 278 valence electrons. The second-order valence-corrected chi connectivity index (χ2v) is 16.6. The molecular weight excluding hydrogens is 713 g/mol. The minimum absolute atomic E-state index is 0.0882. The average Bonchev–Trinajstić information content (AvgIpc) is 3.89. The third kappa shape index (κ3) is 5.13. The van der Waals surface area contributed by atoms with Crippen molar-refractivity contribution in [3.8, 4) is 55.9 Å². The normalized spacial score (nSPS) is 13.1. The van der Waals surface area contributed by atoms with Crippen LogP contribution in [0.3, 0.4) is 0 Å². The van der Waals surface area contributed by atoms with Gasteiger partial charge in [-0.05, 0) is 122 Å². The third-order valence-corrected chi connectivity index (χ3v) is 12.9. The summed E-state index contributed by atoms with van der Waals surface area (Å²) < 4.78 is 4.88. The lowest BCUT2D eigenvalue weighted by molar-refractivity contribution is 0.660.